The van der Waals surface area contributed by atoms with Crippen LogP contribution >= 0.6 is 0 Å². The van der Waals surface area contributed by atoms with Gasteiger partial charge in [0.25, 0.3) is 0 Å². The van der Waals surface area contributed by atoms with Gasteiger partial charge < -0.3 is 9.26 Å². The Bertz CT molecular complexity index is 767. The summed E-state index contributed by atoms with van der Waals surface area (Å²) in [5.41, 5.74) is 0.981. The number of aromatic nitrogens is 1. The monoisotopic (exact) mass is 342 g/mol. The molecular weight excluding hydrogens is 323 g/mol. The summed E-state index contributed by atoms with van der Waals surface area (Å²) >= 11 is 0. The highest BCUT2D eigenvalue weighted by Crippen LogP contribution is 2.20. The van der Waals surface area contributed by atoms with Gasteiger partial charge in [-0.15, -0.1) is 0 Å². The van der Waals surface area contributed by atoms with E-state index in [9.17, 15) is 12.8 Å². The maximum absolute atomic E-state index is 13.7. The van der Waals surface area contributed by atoms with Gasteiger partial charge in [-0.05, 0) is 44.9 Å². The van der Waals surface area contributed by atoms with Crippen molar-refractivity contribution in [2.45, 2.75) is 32.1 Å². The number of hydrogen-bond donors (Lipinski definition) is 1. The molecule has 0 bridgehead atoms. The van der Waals surface area contributed by atoms with E-state index < -0.39 is 15.8 Å². The Morgan fingerprint density at radius 2 is 2.09 bits per heavy atom. The fraction of sp³-hybridized carbons (Fsp3) is 0.400. The molecule has 126 valence electrons. The predicted octanol–water partition coefficient (Wildman–Crippen LogP) is 2.35. The molecule has 1 aromatic heterocycles. The van der Waals surface area contributed by atoms with E-state index >= 15 is 0 Å². The van der Waals surface area contributed by atoms with E-state index in [0.29, 0.717) is 24.3 Å². The van der Waals surface area contributed by atoms with Crippen molar-refractivity contribution in [3.05, 3.63) is 41.0 Å². The van der Waals surface area contributed by atoms with Gasteiger partial charge in [-0.25, -0.2) is 17.5 Å². The summed E-state index contributed by atoms with van der Waals surface area (Å²) in [6.07, 6.45) is 0.353. The number of ether oxygens (including phenoxy) is 1. The van der Waals surface area contributed by atoms with E-state index in [0.717, 1.165) is 0 Å². The van der Waals surface area contributed by atoms with Crippen LogP contribution in [0.3, 0.4) is 0 Å². The Morgan fingerprint density at radius 3 is 2.65 bits per heavy atom. The molecule has 2 aromatic rings. The second-order valence-corrected chi connectivity index (χ2v) is 6.70. The zero-order valence-electron chi connectivity index (χ0n) is 13.2. The van der Waals surface area contributed by atoms with Gasteiger partial charge >= 0.3 is 0 Å². The molecule has 0 radical (unpaired) electrons. The molecule has 0 saturated carbocycles. The molecule has 0 fully saturated rings. The highest BCUT2D eigenvalue weighted by Gasteiger charge is 2.23. The Morgan fingerprint density at radius 1 is 1.35 bits per heavy atom. The third-order valence-corrected chi connectivity index (χ3v) is 4.94. The van der Waals surface area contributed by atoms with Crippen LogP contribution in [0.2, 0.25) is 0 Å². The van der Waals surface area contributed by atoms with Crippen LogP contribution < -0.4 is 9.46 Å². The first-order chi connectivity index (χ1) is 10.8. The maximum Gasteiger partial charge on any atom is 0.245 e. The lowest BCUT2D eigenvalue weighted by Crippen LogP contribution is -2.26. The molecule has 0 aliphatic rings. The average Bonchev–Trinajstić information content (AvgIpc) is 2.81. The second-order valence-electron chi connectivity index (χ2n) is 5.00. The number of benzene rings is 1. The van der Waals surface area contributed by atoms with E-state index in [1.54, 1.807) is 19.9 Å². The van der Waals surface area contributed by atoms with Gasteiger partial charge in [0.15, 0.2) is 17.3 Å². The lowest BCUT2D eigenvalue weighted by Gasteiger charge is -2.08. The van der Waals surface area contributed by atoms with Gasteiger partial charge in [0, 0.05) is 6.54 Å². The molecule has 0 aliphatic heterocycles. The van der Waals surface area contributed by atoms with Crippen molar-refractivity contribution in [2.24, 2.45) is 0 Å². The zero-order chi connectivity index (χ0) is 17.0. The van der Waals surface area contributed by atoms with Crippen LogP contribution in [0.4, 0.5) is 4.39 Å². The molecule has 1 N–H and O–H groups in total. The van der Waals surface area contributed by atoms with E-state index in [-0.39, 0.29) is 22.9 Å². The number of halogens is 1. The van der Waals surface area contributed by atoms with Crippen LogP contribution in [0.25, 0.3) is 0 Å². The first-order valence-electron chi connectivity index (χ1n) is 7.19. The van der Waals surface area contributed by atoms with Crippen LogP contribution in [0, 0.1) is 19.7 Å². The Kier molecular flexibility index (Phi) is 5.38. The predicted molar refractivity (Wildman–Crippen MR) is 82.4 cm³/mol. The van der Waals surface area contributed by atoms with Crippen molar-refractivity contribution in [3.8, 4) is 5.75 Å². The summed E-state index contributed by atoms with van der Waals surface area (Å²) in [4.78, 5) is 0.0513. The fourth-order valence-electron chi connectivity index (χ4n) is 2.23. The standard InChI is InChI=1S/C15H19FN2O4S/c1-4-21-14-6-5-12(9-13(14)16)7-8-17-23(19,20)15-10(2)18-22-11(15)3/h5-6,9,17H,4,7-8H2,1-3H3. The van der Waals surface area contributed by atoms with Crippen molar-refractivity contribution in [3.63, 3.8) is 0 Å². The van der Waals surface area contributed by atoms with Crippen molar-refractivity contribution < 1.29 is 22.1 Å². The van der Waals surface area contributed by atoms with E-state index in [4.69, 9.17) is 9.26 Å². The molecule has 6 nitrogen and oxygen atoms in total. The summed E-state index contributed by atoms with van der Waals surface area (Å²) < 4.78 is 50.7. The Balaban J connectivity index is 2.01. The molecule has 23 heavy (non-hydrogen) atoms. The third kappa shape index (κ3) is 4.08. The molecule has 1 heterocycles. The lowest BCUT2D eigenvalue weighted by molar-refractivity contribution is 0.321. The Labute approximate surface area is 134 Å². The number of nitrogens with one attached hydrogen (secondary N) is 1. The normalized spacial score (nSPS) is 11.7. The van der Waals surface area contributed by atoms with Crippen molar-refractivity contribution in [1.29, 1.82) is 0 Å². The highest BCUT2D eigenvalue weighted by atomic mass is 32.2. The topological polar surface area (TPSA) is 81.4 Å². The molecule has 0 spiro atoms. The molecule has 0 unspecified atom stereocenters. The van der Waals surface area contributed by atoms with Crippen LogP contribution in [-0.4, -0.2) is 26.7 Å². The number of hydrogen-bond acceptors (Lipinski definition) is 5. The van der Waals surface area contributed by atoms with E-state index in [1.165, 1.54) is 19.1 Å². The first-order valence-corrected chi connectivity index (χ1v) is 8.67. The summed E-state index contributed by atoms with van der Waals surface area (Å²) in [5.74, 6) is -0.0346. The molecule has 2 rings (SSSR count). The van der Waals surface area contributed by atoms with Crippen molar-refractivity contribution in [1.82, 2.24) is 9.88 Å². The van der Waals surface area contributed by atoms with E-state index in [1.807, 2.05) is 0 Å². The van der Waals surface area contributed by atoms with Gasteiger partial charge in [-0.3, -0.25) is 0 Å². The molecule has 8 heteroatoms. The summed E-state index contributed by atoms with van der Waals surface area (Å²) in [5, 5.41) is 3.63. The maximum atomic E-state index is 13.7. The lowest BCUT2D eigenvalue weighted by atomic mass is 10.1. The molecule has 1 aromatic carbocycles. The summed E-state index contributed by atoms with van der Waals surface area (Å²) in [7, 11) is -3.70. The molecule has 0 atom stereocenters. The summed E-state index contributed by atoms with van der Waals surface area (Å²) in [6, 6.07) is 4.59. The van der Waals surface area contributed by atoms with Gasteiger partial charge in [-0.2, -0.15) is 0 Å². The number of aryl methyl sites for hydroxylation is 2. The molecular formula is C15H19FN2O4S. The molecule has 0 saturated heterocycles. The SMILES string of the molecule is CCOc1ccc(CCNS(=O)(=O)c2c(C)noc2C)cc1F. The molecule has 0 amide bonds. The van der Waals surface area contributed by atoms with Crippen LogP contribution in [-0.2, 0) is 16.4 Å². The van der Waals surface area contributed by atoms with Gasteiger partial charge in [0.2, 0.25) is 10.0 Å². The minimum absolute atomic E-state index is 0.0513. The van der Waals surface area contributed by atoms with Crippen molar-refractivity contribution in [2.75, 3.05) is 13.2 Å². The van der Waals surface area contributed by atoms with Crippen molar-refractivity contribution >= 4 is 10.0 Å². The number of sulfonamides is 1. The first kappa shape index (κ1) is 17.4. The largest absolute Gasteiger partial charge is 0.491 e. The van der Waals surface area contributed by atoms with E-state index in [2.05, 4.69) is 9.88 Å². The van der Waals surface area contributed by atoms with Gasteiger partial charge in [0.05, 0.1) is 6.61 Å². The minimum Gasteiger partial charge on any atom is -0.491 e. The van der Waals surface area contributed by atoms with Crippen LogP contribution in [0.15, 0.2) is 27.6 Å². The smallest absolute Gasteiger partial charge is 0.245 e. The Hall–Kier alpha value is -1.93. The quantitative estimate of drug-likeness (QED) is 0.835. The fourth-order valence-corrected chi connectivity index (χ4v) is 3.59. The van der Waals surface area contributed by atoms with Crippen LogP contribution in [0.1, 0.15) is 23.9 Å². The second kappa shape index (κ2) is 7.10. The average molecular weight is 342 g/mol. The van der Waals surface area contributed by atoms with Gasteiger partial charge in [-0.1, -0.05) is 11.2 Å². The number of rotatable bonds is 7. The van der Waals surface area contributed by atoms with Gasteiger partial charge in [0.1, 0.15) is 10.6 Å². The zero-order valence-corrected chi connectivity index (χ0v) is 14.0. The van der Waals surface area contributed by atoms with Crippen LogP contribution in [0.5, 0.6) is 5.75 Å². The molecule has 0 aliphatic carbocycles. The highest BCUT2D eigenvalue weighted by molar-refractivity contribution is 7.89. The third-order valence-electron chi connectivity index (χ3n) is 3.24. The minimum atomic E-state index is -3.70. The number of nitrogens with zero attached hydrogens (tertiary/aromatic N) is 1. The summed E-state index contributed by atoms with van der Waals surface area (Å²) in [6.45, 7) is 5.40.